The summed E-state index contributed by atoms with van der Waals surface area (Å²) in [7, 11) is 0. The van der Waals surface area contributed by atoms with Crippen LogP contribution in [0.15, 0.2) is 27.1 Å². The highest BCUT2D eigenvalue weighted by Gasteiger charge is 2.34. The maximum absolute atomic E-state index is 12.8. The topological polar surface area (TPSA) is 80.0 Å². The molecule has 2 aromatic rings. The molecule has 23 heavy (non-hydrogen) atoms. The van der Waals surface area contributed by atoms with Gasteiger partial charge in [0.2, 0.25) is 0 Å². The van der Waals surface area contributed by atoms with Crippen molar-refractivity contribution in [2.45, 2.75) is 26.1 Å². The number of amides is 1. The van der Waals surface area contributed by atoms with Gasteiger partial charge >= 0.3 is 5.97 Å². The number of morpholine rings is 1. The number of aryl methyl sites for hydroxylation is 1. The summed E-state index contributed by atoms with van der Waals surface area (Å²) in [6.45, 7) is 3.92. The Kier molecular flexibility index (Phi) is 4.16. The molecule has 122 valence electrons. The van der Waals surface area contributed by atoms with Gasteiger partial charge in [-0.2, -0.15) is 0 Å². The zero-order chi connectivity index (χ0) is 16.7. The summed E-state index contributed by atoms with van der Waals surface area (Å²) < 4.78 is 11.9. The largest absolute Gasteiger partial charge is 0.479 e. The molecule has 1 N–H and O–H groups in total. The molecule has 1 amide bonds. The second-order valence-corrected chi connectivity index (χ2v) is 6.60. The maximum Gasteiger partial charge on any atom is 0.334 e. The van der Waals surface area contributed by atoms with Gasteiger partial charge in [-0.1, -0.05) is 15.9 Å². The van der Waals surface area contributed by atoms with Crippen LogP contribution in [0.5, 0.6) is 0 Å². The van der Waals surface area contributed by atoms with Crippen molar-refractivity contribution < 1.29 is 23.8 Å². The van der Waals surface area contributed by atoms with E-state index in [-0.39, 0.29) is 24.3 Å². The number of fused-ring (bicyclic) bond motifs is 1. The molecule has 1 unspecified atom stereocenters. The molecule has 0 saturated carbocycles. The van der Waals surface area contributed by atoms with Crippen molar-refractivity contribution >= 4 is 38.8 Å². The quantitative estimate of drug-likeness (QED) is 0.864. The highest BCUT2D eigenvalue weighted by Crippen LogP contribution is 2.29. The van der Waals surface area contributed by atoms with Crippen molar-refractivity contribution in [2.75, 3.05) is 13.1 Å². The Morgan fingerprint density at radius 2 is 2.09 bits per heavy atom. The number of carbonyl (C=O) groups excluding carboxylic acids is 1. The van der Waals surface area contributed by atoms with E-state index in [0.29, 0.717) is 12.1 Å². The smallest absolute Gasteiger partial charge is 0.334 e. The number of nitrogens with zero attached hydrogens (tertiary/aromatic N) is 1. The van der Waals surface area contributed by atoms with Gasteiger partial charge in [0.1, 0.15) is 5.58 Å². The maximum atomic E-state index is 12.8. The van der Waals surface area contributed by atoms with Crippen LogP contribution in [0.1, 0.15) is 23.0 Å². The van der Waals surface area contributed by atoms with Crippen LogP contribution >= 0.6 is 15.9 Å². The van der Waals surface area contributed by atoms with E-state index in [1.807, 2.05) is 19.1 Å². The third kappa shape index (κ3) is 2.98. The second kappa shape index (κ2) is 5.98. The molecule has 1 saturated heterocycles. The number of halogens is 1. The summed E-state index contributed by atoms with van der Waals surface area (Å²) in [5.41, 5.74) is 1.38. The fourth-order valence-corrected chi connectivity index (χ4v) is 3.16. The summed E-state index contributed by atoms with van der Waals surface area (Å²) >= 11 is 3.40. The van der Waals surface area contributed by atoms with E-state index in [1.54, 1.807) is 13.0 Å². The van der Waals surface area contributed by atoms with Gasteiger partial charge in [0.15, 0.2) is 11.9 Å². The SMILES string of the molecule is Cc1c(C(=O)N2CC(C(=O)O)O[C@H](C)C2)oc2ccc(Br)cc12. The van der Waals surface area contributed by atoms with Crippen molar-refractivity contribution in [2.24, 2.45) is 0 Å². The average molecular weight is 382 g/mol. The minimum atomic E-state index is -1.07. The molecular formula is C16H16BrNO5. The van der Waals surface area contributed by atoms with Gasteiger partial charge in [-0.05, 0) is 32.0 Å². The highest BCUT2D eigenvalue weighted by molar-refractivity contribution is 9.10. The van der Waals surface area contributed by atoms with Gasteiger partial charge in [0.25, 0.3) is 5.91 Å². The lowest BCUT2D eigenvalue weighted by Gasteiger charge is -2.34. The van der Waals surface area contributed by atoms with Crippen LogP contribution in [-0.2, 0) is 9.53 Å². The number of hydrogen-bond donors (Lipinski definition) is 1. The van der Waals surface area contributed by atoms with E-state index in [0.717, 1.165) is 15.4 Å². The van der Waals surface area contributed by atoms with E-state index in [9.17, 15) is 9.59 Å². The van der Waals surface area contributed by atoms with E-state index in [4.69, 9.17) is 14.3 Å². The highest BCUT2D eigenvalue weighted by atomic mass is 79.9. The Balaban J connectivity index is 1.93. The Morgan fingerprint density at radius 1 is 1.35 bits per heavy atom. The summed E-state index contributed by atoms with van der Waals surface area (Å²) in [6.07, 6.45) is -1.35. The first-order valence-electron chi connectivity index (χ1n) is 7.23. The first-order valence-corrected chi connectivity index (χ1v) is 8.02. The third-order valence-electron chi connectivity index (χ3n) is 3.92. The Hall–Kier alpha value is -1.86. The lowest BCUT2D eigenvalue weighted by atomic mass is 10.1. The molecule has 6 nitrogen and oxygen atoms in total. The van der Waals surface area contributed by atoms with Crippen LogP contribution in [-0.4, -0.2) is 47.2 Å². The van der Waals surface area contributed by atoms with E-state index in [1.165, 1.54) is 4.90 Å². The predicted octanol–water partition coefficient (Wildman–Crippen LogP) is 2.82. The van der Waals surface area contributed by atoms with Gasteiger partial charge in [0, 0.05) is 22.0 Å². The summed E-state index contributed by atoms with van der Waals surface area (Å²) in [5.74, 6) is -1.13. The van der Waals surface area contributed by atoms with Crippen LogP contribution in [0.2, 0.25) is 0 Å². The normalized spacial score (nSPS) is 21.6. The molecule has 1 aromatic heterocycles. The average Bonchev–Trinajstić information content (AvgIpc) is 2.82. The Morgan fingerprint density at radius 3 is 2.78 bits per heavy atom. The van der Waals surface area contributed by atoms with E-state index >= 15 is 0 Å². The van der Waals surface area contributed by atoms with Crippen LogP contribution in [0, 0.1) is 6.92 Å². The summed E-state index contributed by atoms with van der Waals surface area (Å²) in [6, 6.07) is 5.54. The van der Waals surface area contributed by atoms with Gasteiger partial charge in [-0.25, -0.2) is 4.79 Å². The fourth-order valence-electron chi connectivity index (χ4n) is 2.79. The molecule has 1 aromatic carbocycles. The van der Waals surface area contributed by atoms with Crippen molar-refractivity contribution in [3.63, 3.8) is 0 Å². The number of ether oxygens (including phenoxy) is 1. The van der Waals surface area contributed by atoms with Crippen molar-refractivity contribution in [3.05, 3.63) is 34.0 Å². The molecule has 1 fully saturated rings. The van der Waals surface area contributed by atoms with Gasteiger partial charge in [-0.15, -0.1) is 0 Å². The lowest BCUT2D eigenvalue weighted by molar-refractivity contribution is -0.160. The fraction of sp³-hybridized carbons (Fsp3) is 0.375. The minimum Gasteiger partial charge on any atom is -0.479 e. The summed E-state index contributed by atoms with van der Waals surface area (Å²) in [5, 5.41) is 9.99. The molecule has 3 rings (SSSR count). The third-order valence-corrected chi connectivity index (χ3v) is 4.41. The number of hydrogen-bond acceptors (Lipinski definition) is 4. The molecule has 1 aliphatic rings. The first-order chi connectivity index (χ1) is 10.9. The molecule has 0 aliphatic carbocycles. The Bertz CT molecular complexity index is 784. The van der Waals surface area contributed by atoms with Gasteiger partial charge in [-0.3, -0.25) is 4.79 Å². The monoisotopic (exact) mass is 381 g/mol. The summed E-state index contributed by atoms with van der Waals surface area (Å²) in [4.78, 5) is 25.4. The van der Waals surface area contributed by atoms with Gasteiger partial charge < -0.3 is 19.2 Å². The van der Waals surface area contributed by atoms with Crippen molar-refractivity contribution in [1.29, 1.82) is 0 Å². The van der Waals surface area contributed by atoms with Crippen LogP contribution in [0.25, 0.3) is 11.0 Å². The molecule has 0 spiro atoms. The molecule has 2 heterocycles. The minimum absolute atomic E-state index is 0.0126. The number of carboxylic acid groups (broad SMARTS) is 1. The number of carbonyl (C=O) groups is 2. The van der Waals surface area contributed by atoms with E-state index in [2.05, 4.69) is 15.9 Å². The van der Waals surface area contributed by atoms with Crippen LogP contribution in [0.4, 0.5) is 0 Å². The number of furan rings is 1. The van der Waals surface area contributed by atoms with E-state index < -0.39 is 12.1 Å². The lowest BCUT2D eigenvalue weighted by Crippen LogP contribution is -2.51. The molecule has 0 radical (unpaired) electrons. The van der Waals surface area contributed by atoms with Crippen molar-refractivity contribution in [3.8, 4) is 0 Å². The number of aliphatic carboxylic acids is 1. The zero-order valence-corrected chi connectivity index (χ0v) is 14.3. The molecule has 0 bridgehead atoms. The number of benzene rings is 1. The van der Waals surface area contributed by atoms with Gasteiger partial charge in [0.05, 0.1) is 12.6 Å². The molecule has 1 aliphatic heterocycles. The standard InChI is InChI=1S/C16H16BrNO5/c1-8-6-18(7-13(22-8)16(20)21)15(19)14-9(2)11-5-10(17)3-4-12(11)23-14/h3-5,8,13H,6-7H2,1-2H3,(H,20,21)/t8-,13?/m1/s1. The number of rotatable bonds is 2. The Labute approximate surface area is 141 Å². The zero-order valence-electron chi connectivity index (χ0n) is 12.7. The van der Waals surface area contributed by atoms with Crippen LogP contribution in [0.3, 0.4) is 0 Å². The predicted molar refractivity (Wildman–Crippen MR) is 86.5 cm³/mol. The molecular weight excluding hydrogens is 366 g/mol. The second-order valence-electron chi connectivity index (χ2n) is 5.68. The molecule has 7 heteroatoms. The first kappa shape index (κ1) is 16.0. The number of carboxylic acids is 1. The molecule has 2 atom stereocenters. The van der Waals surface area contributed by atoms with Crippen LogP contribution < -0.4 is 0 Å². The van der Waals surface area contributed by atoms with Crippen molar-refractivity contribution in [1.82, 2.24) is 4.90 Å².